The van der Waals surface area contributed by atoms with E-state index < -0.39 is 18.6 Å². The monoisotopic (exact) mass is 235 g/mol. The summed E-state index contributed by atoms with van der Waals surface area (Å²) in [5.74, 6) is -3.07. The van der Waals surface area contributed by atoms with Crippen LogP contribution in [0.5, 0.6) is 0 Å². The number of benzene rings is 1. The van der Waals surface area contributed by atoms with E-state index in [1.165, 1.54) is 18.2 Å². The standard InChI is InChI=1S/C10H12ClF2NO/c1-10(12,13)9-6(8(14)5-15)3-2-4-7(9)11/h2-4,8,15H,5,14H2,1H3. The molecule has 1 aromatic carbocycles. The number of aliphatic hydroxyl groups is 1. The van der Waals surface area contributed by atoms with Crippen LogP contribution in [0.25, 0.3) is 0 Å². The van der Waals surface area contributed by atoms with Gasteiger partial charge in [-0.15, -0.1) is 0 Å². The van der Waals surface area contributed by atoms with Crippen molar-refractivity contribution in [1.29, 1.82) is 0 Å². The van der Waals surface area contributed by atoms with Gasteiger partial charge in [0.25, 0.3) is 5.92 Å². The maximum absolute atomic E-state index is 13.3. The Bertz CT molecular complexity index is 352. The van der Waals surface area contributed by atoms with Gasteiger partial charge in [-0.05, 0) is 11.6 Å². The molecular formula is C10H12ClF2NO. The molecule has 2 nitrogen and oxygen atoms in total. The zero-order valence-electron chi connectivity index (χ0n) is 8.17. The summed E-state index contributed by atoms with van der Waals surface area (Å²) < 4.78 is 26.5. The highest BCUT2D eigenvalue weighted by Crippen LogP contribution is 2.37. The van der Waals surface area contributed by atoms with Gasteiger partial charge in [-0.2, -0.15) is 0 Å². The van der Waals surface area contributed by atoms with Crippen LogP contribution in [0.3, 0.4) is 0 Å². The molecule has 0 radical (unpaired) electrons. The molecular weight excluding hydrogens is 224 g/mol. The number of aliphatic hydroxyl groups excluding tert-OH is 1. The van der Waals surface area contributed by atoms with Crippen molar-refractivity contribution in [3.63, 3.8) is 0 Å². The van der Waals surface area contributed by atoms with Crippen molar-refractivity contribution in [2.75, 3.05) is 6.61 Å². The van der Waals surface area contributed by atoms with Crippen LogP contribution >= 0.6 is 11.6 Å². The normalized spacial score (nSPS) is 14.0. The van der Waals surface area contributed by atoms with E-state index in [4.69, 9.17) is 22.4 Å². The summed E-state index contributed by atoms with van der Waals surface area (Å²) in [7, 11) is 0. The van der Waals surface area contributed by atoms with Crippen LogP contribution in [0.15, 0.2) is 18.2 Å². The average molecular weight is 236 g/mol. The Morgan fingerprint density at radius 3 is 2.60 bits per heavy atom. The van der Waals surface area contributed by atoms with Crippen molar-refractivity contribution in [3.05, 3.63) is 34.3 Å². The minimum absolute atomic E-state index is 0.0381. The molecule has 0 aliphatic carbocycles. The molecule has 1 aromatic rings. The topological polar surface area (TPSA) is 46.2 Å². The zero-order valence-corrected chi connectivity index (χ0v) is 8.93. The lowest BCUT2D eigenvalue weighted by Gasteiger charge is -2.20. The highest BCUT2D eigenvalue weighted by Gasteiger charge is 2.31. The first-order valence-electron chi connectivity index (χ1n) is 4.41. The van der Waals surface area contributed by atoms with Crippen molar-refractivity contribution < 1.29 is 13.9 Å². The summed E-state index contributed by atoms with van der Waals surface area (Å²) in [6.07, 6.45) is 0. The summed E-state index contributed by atoms with van der Waals surface area (Å²) >= 11 is 5.70. The zero-order chi connectivity index (χ0) is 11.6. The average Bonchev–Trinajstić information content (AvgIpc) is 2.14. The Labute approximate surface area is 91.7 Å². The number of alkyl halides is 2. The Morgan fingerprint density at radius 2 is 2.13 bits per heavy atom. The van der Waals surface area contributed by atoms with E-state index >= 15 is 0 Å². The lowest BCUT2D eigenvalue weighted by Crippen LogP contribution is -2.21. The summed E-state index contributed by atoms with van der Waals surface area (Å²) in [5, 5.41) is 8.82. The SMILES string of the molecule is CC(F)(F)c1c(Cl)cccc1C(N)CO. The molecule has 0 aromatic heterocycles. The second-order valence-corrected chi connectivity index (χ2v) is 3.79. The molecule has 1 atom stereocenters. The molecule has 1 unspecified atom stereocenters. The van der Waals surface area contributed by atoms with Gasteiger partial charge in [0.2, 0.25) is 0 Å². The van der Waals surface area contributed by atoms with Gasteiger partial charge >= 0.3 is 0 Å². The van der Waals surface area contributed by atoms with Gasteiger partial charge in [0.1, 0.15) is 0 Å². The predicted octanol–water partition coefficient (Wildman–Crippen LogP) is 2.44. The number of hydrogen-bond acceptors (Lipinski definition) is 2. The molecule has 1 rings (SSSR count). The first kappa shape index (κ1) is 12.4. The molecule has 0 saturated carbocycles. The Kier molecular flexibility index (Phi) is 3.65. The van der Waals surface area contributed by atoms with Gasteiger partial charge in [-0.1, -0.05) is 23.7 Å². The molecule has 5 heteroatoms. The third-order valence-corrected chi connectivity index (χ3v) is 2.40. The van der Waals surface area contributed by atoms with Gasteiger partial charge in [-0.3, -0.25) is 0 Å². The molecule has 0 amide bonds. The third kappa shape index (κ3) is 2.65. The fourth-order valence-corrected chi connectivity index (χ4v) is 1.76. The third-order valence-electron chi connectivity index (χ3n) is 2.08. The van der Waals surface area contributed by atoms with Gasteiger partial charge < -0.3 is 10.8 Å². The van der Waals surface area contributed by atoms with Gasteiger partial charge in [0, 0.05) is 12.5 Å². The second-order valence-electron chi connectivity index (χ2n) is 3.38. The van der Waals surface area contributed by atoms with Crippen molar-refractivity contribution >= 4 is 11.6 Å². The van der Waals surface area contributed by atoms with Crippen LogP contribution < -0.4 is 5.73 Å². The van der Waals surface area contributed by atoms with Crippen LogP contribution in [-0.4, -0.2) is 11.7 Å². The molecule has 3 N–H and O–H groups in total. The maximum atomic E-state index is 13.3. The van der Waals surface area contributed by atoms with E-state index in [0.29, 0.717) is 0 Å². The minimum Gasteiger partial charge on any atom is -0.394 e. The lowest BCUT2D eigenvalue weighted by atomic mass is 9.97. The van der Waals surface area contributed by atoms with Crippen LogP contribution in [0.1, 0.15) is 24.1 Å². The van der Waals surface area contributed by atoms with Gasteiger partial charge in [0.15, 0.2) is 0 Å². The number of rotatable bonds is 3. The first-order chi connectivity index (χ1) is 6.88. The van der Waals surface area contributed by atoms with Crippen molar-refractivity contribution in [2.24, 2.45) is 5.73 Å². The summed E-state index contributed by atoms with van der Waals surface area (Å²) in [6, 6.07) is 3.51. The molecule has 0 spiro atoms. The smallest absolute Gasteiger partial charge is 0.272 e. The van der Waals surface area contributed by atoms with Crippen LogP contribution in [-0.2, 0) is 5.92 Å². The summed E-state index contributed by atoms with van der Waals surface area (Å²) in [5.41, 5.74) is 5.39. The number of halogens is 3. The minimum atomic E-state index is -3.07. The van der Waals surface area contributed by atoms with E-state index in [1.54, 1.807) is 0 Å². The molecule has 0 aliphatic heterocycles. The lowest BCUT2D eigenvalue weighted by molar-refractivity contribution is 0.0160. The molecule has 0 saturated heterocycles. The fraction of sp³-hybridized carbons (Fsp3) is 0.400. The Hall–Kier alpha value is -0.710. The van der Waals surface area contributed by atoms with Crippen LogP contribution in [0.2, 0.25) is 5.02 Å². The van der Waals surface area contributed by atoms with E-state index in [1.807, 2.05) is 0 Å². The van der Waals surface area contributed by atoms with Crippen molar-refractivity contribution in [1.82, 2.24) is 0 Å². The highest BCUT2D eigenvalue weighted by atomic mass is 35.5. The summed E-state index contributed by atoms with van der Waals surface area (Å²) in [4.78, 5) is 0. The second kappa shape index (κ2) is 4.43. The molecule has 0 fully saturated rings. The van der Waals surface area contributed by atoms with Crippen LogP contribution in [0.4, 0.5) is 8.78 Å². The highest BCUT2D eigenvalue weighted by molar-refractivity contribution is 6.31. The quantitative estimate of drug-likeness (QED) is 0.845. The fourth-order valence-electron chi connectivity index (χ4n) is 1.41. The van der Waals surface area contributed by atoms with E-state index in [9.17, 15) is 8.78 Å². The molecule has 0 bridgehead atoms. The van der Waals surface area contributed by atoms with Gasteiger partial charge in [0.05, 0.1) is 17.7 Å². The van der Waals surface area contributed by atoms with Crippen molar-refractivity contribution in [2.45, 2.75) is 18.9 Å². The number of hydrogen-bond donors (Lipinski definition) is 2. The predicted molar refractivity (Wildman–Crippen MR) is 55.0 cm³/mol. The largest absolute Gasteiger partial charge is 0.394 e. The Morgan fingerprint density at radius 1 is 1.53 bits per heavy atom. The van der Waals surface area contributed by atoms with Gasteiger partial charge in [-0.25, -0.2) is 8.78 Å². The summed E-state index contributed by atoms with van der Waals surface area (Å²) in [6.45, 7) is 0.352. The first-order valence-corrected chi connectivity index (χ1v) is 4.79. The molecule has 84 valence electrons. The van der Waals surface area contributed by atoms with E-state index in [-0.39, 0.29) is 16.1 Å². The molecule has 0 heterocycles. The van der Waals surface area contributed by atoms with E-state index in [2.05, 4.69) is 0 Å². The Balaban J connectivity index is 3.33. The number of nitrogens with two attached hydrogens (primary N) is 1. The van der Waals surface area contributed by atoms with Crippen molar-refractivity contribution in [3.8, 4) is 0 Å². The molecule has 0 aliphatic rings. The molecule has 15 heavy (non-hydrogen) atoms. The maximum Gasteiger partial charge on any atom is 0.272 e. The van der Waals surface area contributed by atoms with E-state index in [0.717, 1.165) is 6.92 Å². The van der Waals surface area contributed by atoms with Crippen LogP contribution in [0, 0.1) is 0 Å².